The van der Waals surface area contributed by atoms with Gasteiger partial charge in [-0.1, -0.05) is 32.9 Å². The molecule has 0 spiro atoms. The monoisotopic (exact) mass is 166 g/mol. The molecule has 0 aromatic heterocycles. The Bertz CT molecular complexity index is 207. The molecule has 0 saturated carbocycles. The molecular weight excluding hydrogens is 148 g/mol. The lowest BCUT2D eigenvalue weighted by Crippen LogP contribution is -2.34. The van der Waals surface area contributed by atoms with Crippen LogP contribution in [0, 0.1) is 17.8 Å². The smallest absolute Gasteiger partial charge is 0.0889 e. The molecule has 0 radical (unpaired) electrons. The first-order valence-corrected chi connectivity index (χ1v) is 4.97. The maximum Gasteiger partial charge on any atom is 0.0889 e. The highest BCUT2D eigenvalue weighted by Crippen LogP contribution is 2.44. The van der Waals surface area contributed by atoms with Crippen molar-refractivity contribution in [2.45, 2.75) is 32.8 Å². The van der Waals surface area contributed by atoms with Crippen LogP contribution in [0.3, 0.4) is 0 Å². The van der Waals surface area contributed by atoms with Crippen LogP contribution in [0.25, 0.3) is 0 Å². The third-order valence-electron chi connectivity index (χ3n) is 3.55. The highest BCUT2D eigenvalue weighted by Gasteiger charge is 2.44. The van der Waals surface area contributed by atoms with Crippen LogP contribution in [0.4, 0.5) is 0 Å². The zero-order valence-corrected chi connectivity index (χ0v) is 8.21. The van der Waals surface area contributed by atoms with E-state index in [0.29, 0.717) is 5.92 Å². The van der Waals surface area contributed by atoms with Crippen LogP contribution in [0.5, 0.6) is 0 Å². The van der Waals surface area contributed by atoms with E-state index in [1.165, 1.54) is 6.42 Å². The van der Waals surface area contributed by atoms with Crippen LogP contribution in [0.15, 0.2) is 12.2 Å². The Morgan fingerprint density at radius 3 is 2.92 bits per heavy atom. The second kappa shape index (κ2) is 2.59. The van der Waals surface area contributed by atoms with Gasteiger partial charge < -0.3 is 4.74 Å². The summed E-state index contributed by atoms with van der Waals surface area (Å²) in [6.45, 7) is 7.76. The molecule has 1 heterocycles. The fourth-order valence-electron chi connectivity index (χ4n) is 2.31. The average molecular weight is 166 g/mol. The van der Waals surface area contributed by atoms with E-state index in [0.717, 1.165) is 18.4 Å². The van der Waals surface area contributed by atoms with Gasteiger partial charge in [0.05, 0.1) is 12.2 Å². The van der Waals surface area contributed by atoms with Crippen LogP contribution in [0.1, 0.15) is 27.2 Å². The minimum atomic E-state index is 0.0944. The fraction of sp³-hybridized carbons (Fsp3) is 0.818. The van der Waals surface area contributed by atoms with Gasteiger partial charge in [-0.25, -0.2) is 0 Å². The molecule has 0 unspecified atom stereocenters. The second-order valence-corrected chi connectivity index (χ2v) is 4.60. The summed E-state index contributed by atoms with van der Waals surface area (Å²) in [5.41, 5.74) is 0.0944. The number of ether oxygens (including phenoxy) is 1. The van der Waals surface area contributed by atoms with Crippen LogP contribution in [-0.4, -0.2) is 12.2 Å². The first kappa shape index (κ1) is 8.31. The van der Waals surface area contributed by atoms with Gasteiger partial charge in [0.2, 0.25) is 0 Å². The van der Waals surface area contributed by atoms with Gasteiger partial charge in [0, 0.05) is 0 Å². The molecule has 0 N–H and O–H groups in total. The van der Waals surface area contributed by atoms with Crippen LogP contribution in [-0.2, 0) is 4.74 Å². The zero-order chi connectivity index (χ0) is 8.77. The quantitative estimate of drug-likeness (QED) is 0.544. The molecule has 0 aromatic rings. The highest BCUT2D eigenvalue weighted by molar-refractivity contribution is 5.14. The molecular formula is C11H18O. The SMILES string of the molecule is CC(C)[C@]12C=C[C@H](C)[C@H](CO1)C2. The molecule has 1 aliphatic heterocycles. The predicted molar refractivity (Wildman–Crippen MR) is 49.9 cm³/mol. The van der Waals surface area contributed by atoms with Crippen LogP contribution in [0.2, 0.25) is 0 Å². The average Bonchev–Trinajstić information content (AvgIpc) is 2.40. The fourth-order valence-corrected chi connectivity index (χ4v) is 2.31. The molecule has 68 valence electrons. The molecule has 12 heavy (non-hydrogen) atoms. The van der Waals surface area contributed by atoms with Gasteiger partial charge in [0.25, 0.3) is 0 Å². The van der Waals surface area contributed by atoms with E-state index >= 15 is 0 Å². The molecule has 1 aliphatic carbocycles. The maximum absolute atomic E-state index is 5.91. The summed E-state index contributed by atoms with van der Waals surface area (Å²) < 4.78 is 5.91. The van der Waals surface area contributed by atoms with Gasteiger partial charge in [0.1, 0.15) is 0 Å². The molecule has 2 rings (SSSR count). The first-order valence-electron chi connectivity index (χ1n) is 4.97. The van der Waals surface area contributed by atoms with E-state index in [1.54, 1.807) is 0 Å². The lowest BCUT2D eigenvalue weighted by Gasteiger charge is -2.32. The number of fused-ring (bicyclic) bond motifs is 2. The van der Waals surface area contributed by atoms with E-state index in [1.807, 2.05) is 0 Å². The molecule has 0 aromatic carbocycles. The Morgan fingerprint density at radius 1 is 1.50 bits per heavy atom. The minimum Gasteiger partial charge on any atom is -0.370 e. The molecule has 1 fully saturated rings. The molecule has 0 amide bonds. The van der Waals surface area contributed by atoms with Crippen molar-refractivity contribution in [2.24, 2.45) is 17.8 Å². The standard InChI is InChI=1S/C11H18O/c1-8(2)11-5-4-9(3)10(6-11)7-12-11/h4-5,8-10H,6-7H2,1-3H3/t9-,10-,11+/m0/s1. The van der Waals surface area contributed by atoms with Crippen molar-refractivity contribution < 1.29 is 4.74 Å². The number of allylic oxidation sites excluding steroid dienone is 1. The lowest BCUT2D eigenvalue weighted by atomic mass is 9.76. The Labute approximate surface area is 74.8 Å². The van der Waals surface area contributed by atoms with Crippen molar-refractivity contribution in [2.75, 3.05) is 6.61 Å². The van der Waals surface area contributed by atoms with Crippen molar-refractivity contribution in [1.82, 2.24) is 0 Å². The Morgan fingerprint density at radius 2 is 2.25 bits per heavy atom. The number of rotatable bonds is 1. The minimum absolute atomic E-state index is 0.0944. The highest BCUT2D eigenvalue weighted by atomic mass is 16.5. The molecule has 1 heteroatoms. The van der Waals surface area contributed by atoms with E-state index < -0.39 is 0 Å². The third-order valence-corrected chi connectivity index (χ3v) is 3.55. The Hall–Kier alpha value is -0.300. The van der Waals surface area contributed by atoms with E-state index in [9.17, 15) is 0 Å². The van der Waals surface area contributed by atoms with Crippen molar-refractivity contribution in [1.29, 1.82) is 0 Å². The molecule has 1 saturated heterocycles. The largest absolute Gasteiger partial charge is 0.370 e. The lowest BCUT2D eigenvalue weighted by molar-refractivity contribution is 0.00831. The molecule has 2 bridgehead atoms. The number of hydrogen-bond acceptors (Lipinski definition) is 1. The van der Waals surface area contributed by atoms with Gasteiger partial charge in [-0.3, -0.25) is 0 Å². The van der Waals surface area contributed by atoms with Gasteiger partial charge >= 0.3 is 0 Å². The third kappa shape index (κ3) is 1.03. The van der Waals surface area contributed by atoms with Crippen molar-refractivity contribution in [3.63, 3.8) is 0 Å². The Balaban J connectivity index is 2.25. The van der Waals surface area contributed by atoms with Gasteiger partial charge in [-0.05, 0) is 24.2 Å². The number of hydrogen-bond donors (Lipinski definition) is 0. The molecule has 3 atom stereocenters. The van der Waals surface area contributed by atoms with E-state index in [2.05, 4.69) is 32.9 Å². The van der Waals surface area contributed by atoms with E-state index in [4.69, 9.17) is 4.74 Å². The molecule has 1 nitrogen and oxygen atoms in total. The summed E-state index contributed by atoms with van der Waals surface area (Å²) in [6.07, 6.45) is 5.87. The van der Waals surface area contributed by atoms with Gasteiger partial charge in [-0.2, -0.15) is 0 Å². The zero-order valence-electron chi connectivity index (χ0n) is 8.21. The maximum atomic E-state index is 5.91. The van der Waals surface area contributed by atoms with Crippen LogP contribution >= 0.6 is 0 Å². The normalized spacial score (nSPS) is 45.7. The van der Waals surface area contributed by atoms with Crippen LogP contribution < -0.4 is 0 Å². The van der Waals surface area contributed by atoms with Gasteiger partial charge in [0.15, 0.2) is 0 Å². The summed E-state index contributed by atoms with van der Waals surface area (Å²) in [7, 11) is 0. The first-order chi connectivity index (χ1) is 5.64. The van der Waals surface area contributed by atoms with Crippen molar-refractivity contribution >= 4 is 0 Å². The predicted octanol–water partition coefficient (Wildman–Crippen LogP) is 2.62. The summed E-state index contributed by atoms with van der Waals surface area (Å²) >= 11 is 0. The van der Waals surface area contributed by atoms with E-state index in [-0.39, 0.29) is 5.60 Å². The summed E-state index contributed by atoms with van der Waals surface area (Å²) in [6, 6.07) is 0. The van der Waals surface area contributed by atoms with Crippen molar-refractivity contribution in [3.8, 4) is 0 Å². The topological polar surface area (TPSA) is 9.23 Å². The summed E-state index contributed by atoms with van der Waals surface area (Å²) in [5.74, 6) is 2.11. The second-order valence-electron chi connectivity index (χ2n) is 4.60. The summed E-state index contributed by atoms with van der Waals surface area (Å²) in [4.78, 5) is 0. The van der Waals surface area contributed by atoms with Crippen molar-refractivity contribution in [3.05, 3.63) is 12.2 Å². The Kier molecular flexibility index (Phi) is 1.80. The van der Waals surface area contributed by atoms with Gasteiger partial charge in [-0.15, -0.1) is 0 Å². The summed E-state index contributed by atoms with van der Waals surface area (Å²) in [5, 5.41) is 0. The molecule has 2 aliphatic rings.